The summed E-state index contributed by atoms with van der Waals surface area (Å²) in [5, 5.41) is 9.46. The molecule has 0 aromatic rings. The van der Waals surface area contributed by atoms with Gasteiger partial charge in [0.25, 0.3) is 5.92 Å². The zero-order chi connectivity index (χ0) is 13.3. The Morgan fingerprint density at radius 1 is 1.47 bits per heavy atom. The molecule has 1 atom stereocenters. The Labute approximate surface area is 99.5 Å². The molecular weight excluding hydrogens is 232 g/mol. The Morgan fingerprint density at radius 3 is 2.59 bits per heavy atom. The Hall–Kier alpha value is -0.910. The number of rotatable bonds is 0. The van der Waals surface area contributed by atoms with Gasteiger partial charge in [0.05, 0.1) is 19.2 Å². The van der Waals surface area contributed by atoms with Gasteiger partial charge in [0, 0.05) is 6.42 Å². The van der Waals surface area contributed by atoms with E-state index < -0.39 is 36.7 Å². The van der Waals surface area contributed by atoms with Crippen molar-refractivity contribution in [3.05, 3.63) is 0 Å². The first-order chi connectivity index (χ1) is 7.59. The third kappa shape index (κ3) is 4.85. The number of carbonyl (C=O) groups excluding carboxylic acids is 1. The quantitative estimate of drug-likeness (QED) is 0.716. The van der Waals surface area contributed by atoms with Crippen LogP contribution in [0.4, 0.5) is 13.6 Å². The van der Waals surface area contributed by atoms with Gasteiger partial charge in [-0.1, -0.05) is 0 Å². The number of aliphatic hydroxyl groups excluding tert-OH is 1. The van der Waals surface area contributed by atoms with Crippen molar-refractivity contribution in [3.63, 3.8) is 0 Å². The molecular formula is C11H19F2NO3. The van der Waals surface area contributed by atoms with Crippen LogP contribution in [0.1, 0.15) is 33.6 Å². The number of carbonyl (C=O) groups is 1. The molecule has 1 N–H and O–H groups in total. The summed E-state index contributed by atoms with van der Waals surface area (Å²) in [7, 11) is 0. The van der Waals surface area contributed by atoms with Crippen LogP contribution in [0.25, 0.3) is 0 Å². The van der Waals surface area contributed by atoms with Crippen LogP contribution in [0.2, 0.25) is 0 Å². The van der Waals surface area contributed by atoms with Crippen LogP contribution < -0.4 is 0 Å². The van der Waals surface area contributed by atoms with Gasteiger partial charge in [-0.15, -0.1) is 0 Å². The number of alkyl halides is 2. The van der Waals surface area contributed by atoms with E-state index in [1.54, 1.807) is 20.8 Å². The van der Waals surface area contributed by atoms with E-state index in [4.69, 9.17) is 4.74 Å². The van der Waals surface area contributed by atoms with Gasteiger partial charge in [-0.2, -0.15) is 0 Å². The number of hydrogen-bond donors (Lipinski definition) is 1. The minimum absolute atomic E-state index is 0.00764. The summed E-state index contributed by atoms with van der Waals surface area (Å²) >= 11 is 0. The molecule has 100 valence electrons. The number of amides is 1. The summed E-state index contributed by atoms with van der Waals surface area (Å²) in [6, 6.07) is 0. The van der Waals surface area contributed by atoms with E-state index in [1.807, 2.05) is 0 Å². The summed E-state index contributed by atoms with van der Waals surface area (Å²) in [5.74, 6) is -2.96. The maximum absolute atomic E-state index is 13.3. The first-order valence-corrected chi connectivity index (χ1v) is 5.63. The van der Waals surface area contributed by atoms with Crippen LogP contribution in [-0.4, -0.2) is 46.8 Å². The largest absolute Gasteiger partial charge is 0.444 e. The maximum atomic E-state index is 13.3. The molecule has 1 rings (SSSR count). The molecule has 0 spiro atoms. The number of likely N-dealkylation sites (tertiary alicyclic amines) is 1. The molecule has 0 unspecified atom stereocenters. The summed E-state index contributed by atoms with van der Waals surface area (Å²) in [4.78, 5) is 12.5. The van der Waals surface area contributed by atoms with Crippen molar-refractivity contribution < 1.29 is 23.4 Å². The molecule has 1 saturated heterocycles. The lowest BCUT2D eigenvalue weighted by Gasteiger charge is -2.28. The highest BCUT2D eigenvalue weighted by Gasteiger charge is 2.39. The average molecular weight is 251 g/mol. The molecule has 0 bridgehead atoms. The Bertz CT molecular complexity index is 289. The van der Waals surface area contributed by atoms with E-state index in [2.05, 4.69) is 0 Å². The molecule has 0 aliphatic carbocycles. The first-order valence-electron chi connectivity index (χ1n) is 5.63. The first kappa shape index (κ1) is 14.2. The van der Waals surface area contributed by atoms with E-state index in [-0.39, 0.29) is 13.0 Å². The molecule has 1 aliphatic rings. The van der Waals surface area contributed by atoms with Crippen LogP contribution in [0.5, 0.6) is 0 Å². The number of halogens is 2. The Balaban J connectivity index is 2.70. The fourth-order valence-electron chi connectivity index (χ4n) is 1.61. The highest BCUT2D eigenvalue weighted by atomic mass is 19.3. The second-order valence-corrected chi connectivity index (χ2v) is 5.41. The topological polar surface area (TPSA) is 49.8 Å². The summed E-state index contributed by atoms with van der Waals surface area (Å²) < 4.78 is 31.7. The maximum Gasteiger partial charge on any atom is 0.410 e. The molecule has 0 aromatic carbocycles. The molecule has 6 heteroatoms. The predicted octanol–water partition coefficient (Wildman–Crippen LogP) is 2.01. The van der Waals surface area contributed by atoms with Crippen LogP contribution in [0, 0.1) is 0 Å². The fourth-order valence-corrected chi connectivity index (χ4v) is 1.61. The van der Waals surface area contributed by atoms with Crippen LogP contribution >= 0.6 is 0 Å². The molecule has 17 heavy (non-hydrogen) atoms. The third-order valence-electron chi connectivity index (χ3n) is 2.35. The minimum atomic E-state index is -2.96. The van der Waals surface area contributed by atoms with Crippen molar-refractivity contribution in [1.82, 2.24) is 4.90 Å². The predicted molar refractivity (Wildman–Crippen MR) is 58.0 cm³/mol. The van der Waals surface area contributed by atoms with Gasteiger partial charge in [0.1, 0.15) is 5.60 Å². The molecule has 4 nitrogen and oxygen atoms in total. The van der Waals surface area contributed by atoms with Gasteiger partial charge in [-0.05, 0) is 27.2 Å². The Kier molecular flexibility index (Phi) is 3.96. The van der Waals surface area contributed by atoms with Crippen LogP contribution in [0.15, 0.2) is 0 Å². The van der Waals surface area contributed by atoms with Crippen molar-refractivity contribution in [2.75, 3.05) is 13.1 Å². The average Bonchev–Trinajstić information content (AvgIpc) is 2.23. The molecule has 0 aromatic heterocycles. The lowest BCUT2D eigenvalue weighted by Crippen LogP contribution is -2.44. The third-order valence-corrected chi connectivity index (χ3v) is 2.35. The Morgan fingerprint density at radius 2 is 2.06 bits per heavy atom. The lowest BCUT2D eigenvalue weighted by atomic mass is 10.1. The molecule has 1 aliphatic heterocycles. The summed E-state index contributed by atoms with van der Waals surface area (Å²) in [6.45, 7) is 4.19. The smallest absolute Gasteiger partial charge is 0.410 e. The van der Waals surface area contributed by atoms with Gasteiger partial charge in [0.15, 0.2) is 0 Å². The number of hydrogen-bond acceptors (Lipinski definition) is 3. The SMILES string of the molecule is CC(C)(C)OC(=O)N1C[C@H](O)CCC(F)(F)C1. The van der Waals surface area contributed by atoms with Crippen LogP contribution in [-0.2, 0) is 4.74 Å². The number of β-amino-alcohol motifs (C(OH)–C–C–N with tert-alkyl or cyclic N) is 1. The van der Waals surface area contributed by atoms with Crippen LogP contribution in [0.3, 0.4) is 0 Å². The second-order valence-electron chi connectivity index (χ2n) is 5.41. The van der Waals surface area contributed by atoms with Crippen molar-refractivity contribution in [2.24, 2.45) is 0 Å². The van der Waals surface area contributed by atoms with Crippen molar-refractivity contribution in [3.8, 4) is 0 Å². The van der Waals surface area contributed by atoms with E-state index in [0.717, 1.165) is 4.90 Å². The highest BCUT2D eigenvalue weighted by molar-refractivity contribution is 5.68. The molecule has 1 amide bonds. The standard InChI is InChI=1S/C11H19F2NO3/c1-10(2,3)17-9(16)14-6-8(15)4-5-11(12,13)7-14/h8,15H,4-7H2,1-3H3/t8-/m1/s1. The van der Waals surface area contributed by atoms with Crippen molar-refractivity contribution in [2.45, 2.75) is 51.2 Å². The monoisotopic (exact) mass is 251 g/mol. The van der Waals surface area contributed by atoms with Crippen molar-refractivity contribution in [1.29, 1.82) is 0 Å². The van der Waals surface area contributed by atoms with E-state index >= 15 is 0 Å². The lowest BCUT2D eigenvalue weighted by molar-refractivity contribution is -0.0389. The van der Waals surface area contributed by atoms with Gasteiger partial charge in [-0.25, -0.2) is 13.6 Å². The highest BCUT2D eigenvalue weighted by Crippen LogP contribution is 2.27. The number of ether oxygens (including phenoxy) is 1. The normalized spacial score (nSPS) is 25.3. The second kappa shape index (κ2) is 4.76. The molecule has 1 fully saturated rings. The fraction of sp³-hybridized carbons (Fsp3) is 0.909. The zero-order valence-electron chi connectivity index (χ0n) is 10.4. The number of aliphatic hydroxyl groups is 1. The van der Waals surface area contributed by atoms with Gasteiger partial charge in [-0.3, -0.25) is 4.90 Å². The van der Waals surface area contributed by atoms with Gasteiger partial charge >= 0.3 is 6.09 Å². The van der Waals surface area contributed by atoms with E-state index in [9.17, 15) is 18.7 Å². The molecule has 0 saturated carbocycles. The summed E-state index contributed by atoms with van der Waals surface area (Å²) in [5.41, 5.74) is -0.733. The molecule has 0 radical (unpaired) electrons. The minimum Gasteiger partial charge on any atom is -0.444 e. The zero-order valence-corrected chi connectivity index (χ0v) is 10.4. The number of nitrogens with zero attached hydrogens (tertiary/aromatic N) is 1. The van der Waals surface area contributed by atoms with Gasteiger partial charge < -0.3 is 9.84 Å². The van der Waals surface area contributed by atoms with Crippen molar-refractivity contribution >= 4 is 6.09 Å². The molecule has 1 heterocycles. The van der Waals surface area contributed by atoms with Gasteiger partial charge in [0.2, 0.25) is 0 Å². The van der Waals surface area contributed by atoms with E-state index in [0.29, 0.717) is 0 Å². The summed E-state index contributed by atoms with van der Waals surface area (Å²) in [6.07, 6.45) is -2.14. The van der Waals surface area contributed by atoms with E-state index in [1.165, 1.54) is 0 Å².